The van der Waals surface area contributed by atoms with Crippen LogP contribution in [-0.2, 0) is 0 Å². The summed E-state index contributed by atoms with van der Waals surface area (Å²) in [6, 6.07) is 80.8. The van der Waals surface area contributed by atoms with E-state index in [9.17, 15) is 0 Å². The Morgan fingerprint density at radius 1 is 0.226 bits per heavy atom. The first-order valence-corrected chi connectivity index (χ1v) is 18.2. The molecule has 9 rings (SSSR count). The van der Waals surface area contributed by atoms with Crippen molar-refractivity contribution in [3.63, 3.8) is 0 Å². The van der Waals surface area contributed by atoms with Crippen molar-refractivity contribution in [1.29, 1.82) is 0 Å². The summed E-state index contributed by atoms with van der Waals surface area (Å²) < 4.78 is 0. The minimum Gasteiger partial charge on any atom is -0.310 e. The molecule has 0 atom stereocenters. The first-order chi connectivity index (χ1) is 26.3. The van der Waals surface area contributed by atoms with E-state index in [-0.39, 0.29) is 0 Å². The molecule has 0 aromatic heterocycles. The lowest BCUT2D eigenvalue weighted by molar-refractivity contribution is 1.28. The average molecular weight is 676 g/mol. The fraction of sp³-hybridized carbons (Fsp3) is 0. The minimum absolute atomic E-state index is 1.10. The van der Waals surface area contributed by atoms with E-state index in [2.05, 4.69) is 229 Å². The number of fused-ring (bicyclic) bond motifs is 1. The van der Waals surface area contributed by atoms with Crippen molar-refractivity contribution < 1.29 is 0 Å². The lowest BCUT2D eigenvalue weighted by atomic mass is 9.91. The van der Waals surface area contributed by atoms with Crippen molar-refractivity contribution in [3.05, 3.63) is 224 Å². The van der Waals surface area contributed by atoms with Gasteiger partial charge in [0.2, 0.25) is 0 Å². The molecule has 250 valence electrons. The lowest BCUT2D eigenvalue weighted by Crippen LogP contribution is -2.10. The third kappa shape index (κ3) is 6.53. The molecule has 0 aliphatic carbocycles. The van der Waals surface area contributed by atoms with Crippen LogP contribution in [0, 0.1) is 0 Å². The molecule has 9 aromatic carbocycles. The Labute approximate surface area is 311 Å². The van der Waals surface area contributed by atoms with Crippen LogP contribution in [0.2, 0.25) is 0 Å². The quantitative estimate of drug-likeness (QED) is 0.155. The third-order valence-electron chi connectivity index (χ3n) is 10.1. The van der Waals surface area contributed by atoms with Gasteiger partial charge in [-0.1, -0.05) is 182 Å². The van der Waals surface area contributed by atoms with Gasteiger partial charge in [0.05, 0.1) is 0 Å². The van der Waals surface area contributed by atoms with Gasteiger partial charge in [0.25, 0.3) is 0 Å². The zero-order valence-electron chi connectivity index (χ0n) is 29.3. The Morgan fingerprint density at radius 3 is 1.36 bits per heavy atom. The van der Waals surface area contributed by atoms with Crippen molar-refractivity contribution in [2.75, 3.05) is 4.90 Å². The van der Waals surface area contributed by atoms with E-state index in [1.807, 2.05) is 0 Å². The van der Waals surface area contributed by atoms with E-state index >= 15 is 0 Å². The van der Waals surface area contributed by atoms with E-state index in [1.54, 1.807) is 0 Å². The summed E-state index contributed by atoms with van der Waals surface area (Å²) in [5, 5.41) is 2.50. The van der Waals surface area contributed by atoms with Crippen LogP contribution >= 0.6 is 0 Å². The molecule has 1 heteroatoms. The van der Waals surface area contributed by atoms with Crippen LogP contribution in [-0.4, -0.2) is 0 Å². The molecule has 0 amide bonds. The standard InChI is InChI=1S/C52H37N/c1-4-14-38(15-5-1)39-26-31-46(32-27-39)53(48-23-12-22-45(36-48)50-25-13-21-42-20-10-11-24-49(42)50)47-33-28-40(29-34-47)44-30-35-51(41-16-6-2-7-17-41)52(37-44)43-18-8-3-9-19-43/h1-37H. The van der Waals surface area contributed by atoms with Gasteiger partial charge < -0.3 is 4.90 Å². The highest BCUT2D eigenvalue weighted by Gasteiger charge is 2.16. The molecule has 0 fully saturated rings. The number of benzene rings is 9. The average Bonchev–Trinajstić information content (AvgIpc) is 3.25. The van der Waals surface area contributed by atoms with Crippen LogP contribution in [0.5, 0.6) is 0 Å². The van der Waals surface area contributed by atoms with Crippen LogP contribution in [0.3, 0.4) is 0 Å². The molecule has 53 heavy (non-hydrogen) atoms. The Hall–Kier alpha value is -6.96. The topological polar surface area (TPSA) is 3.24 Å². The predicted molar refractivity (Wildman–Crippen MR) is 226 cm³/mol. The monoisotopic (exact) mass is 675 g/mol. The Bertz CT molecular complexity index is 2620. The van der Waals surface area contributed by atoms with Gasteiger partial charge in [-0.25, -0.2) is 0 Å². The molecule has 0 unspecified atom stereocenters. The van der Waals surface area contributed by atoms with Gasteiger partial charge in [0.1, 0.15) is 0 Å². The molecule has 0 aliphatic rings. The van der Waals surface area contributed by atoms with Crippen molar-refractivity contribution >= 4 is 27.8 Å². The Morgan fingerprint density at radius 2 is 0.698 bits per heavy atom. The number of nitrogens with zero attached hydrogens (tertiary/aromatic N) is 1. The molecule has 0 spiro atoms. The lowest BCUT2D eigenvalue weighted by Gasteiger charge is -2.26. The molecule has 0 saturated carbocycles. The largest absolute Gasteiger partial charge is 0.310 e. The first-order valence-electron chi connectivity index (χ1n) is 18.2. The van der Waals surface area contributed by atoms with Crippen molar-refractivity contribution in [2.24, 2.45) is 0 Å². The molecule has 0 N–H and O–H groups in total. The van der Waals surface area contributed by atoms with Gasteiger partial charge >= 0.3 is 0 Å². The van der Waals surface area contributed by atoms with Crippen LogP contribution in [0.25, 0.3) is 66.4 Å². The van der Waals surface area contributed by atoms with Crippen molar-refractivity contribution in [3.8, 4) is 55.6 Å². The van der Waals surface area contributed by atoms with Gasteiger partial charge in [0.15, 0.2) is 0 Å². The molecule has 9 aromatic rings. The predicted octanol–water partition coefficient (Wildman–Crippen LogP) is 14.6. The second-order valence-corrected chi connectivity index (χ2v) is 13.4. The highest BCUT2D eigenvalue weighted by molar-refractivity contribution is 5.97. The Balaban J connectivity index is 1.13. The smallest absolute Gasteiger partial charge is 0.0467 e. The molecule has 0 aliphatic heterocycles. The van der Waals surface area contributed by atoms with Crippen LogP contribution in [0.15, 0.2) is 224 Å². The summed E-state index contributed by atoms with van der Waals surface area (Å²) >= 11 is 0. The molecule has 0 radical (unpaired) electrons. The SMILES string of the molecule is c1ccc(-c2ccc(N(c3ccc(-c4ccc(-c5ccccc5)c(-c5ccccc5)c4)cc3)c3cccc(-c4cccc5ccccc45)c3)cc2)cc1. The maximum absolute atomic E-state index is 2.36. The van der Waals surface area contributed by atoms with Crippen molar-refractivity contribution in [1.82, 2.24) is 0 Å². The maximum Gasteiger partial charge on any atom is 0.0467 e. The van der Waals surface area contributed by atoms with E-state index in [1.165, 1.54) is 66.4 Å². The zero-order chi connectivity index (χ0) is 35.4. The molecular formula is C52H37N. The second kappa shape index (κ2) is 14.3. The number of anilines is 3. The van der Waals surface area contributed by atoms with Crippen LogP contribution in [0.1, 0.15) is 0 Å². The molecule has 0 saturated heterocycles. The fourth-order valence-electron chi connectivity index (χ4n) is 7.42. The van der Waals surface area contributed by atoms with E-state index in [0.717, 1.165) is 17.1 Å². The van der Waals surface area contributed by atoms with E-state index in [0.29, 0.717) is 0 Å². The highest BCUT2D eigenvalue weighted by atomic mass is 15.1. The summed E-state index contributed by atoms with van der Waals surface area (Å²) in [7, 11) is 0. The molecule has 1 nitrogen and oxygen atoms in total. The number of hydrogen-bond donors (Lipinski definition) is 0. The summed E-state index contributed by atoms with van der Waals surface area (Å²) in [4.78, 5) is 2.36. The maximum atomic E-state index is 2.36. The second-order valence-electron chi connectivity index (χ2n) is 13.4. The normalized spacial score (nSPS) is 11.0. The van der Waals surface area contributed by atoms with Gasteiger partial charge in [-0.3, -0.25) is 0 Å². The number of rotatable bonds is 8. The summed E-state index contributed by atoms with van der Waals surface area (Å²) in [6.45, 7) is 0. The fourth-order valence-corrected chi connectivity index (χ4v) is 7.42. The number of hydrogen-bond acceptors (Lipinski definition) is 1. The zero-order valence-corrected chi connectivity index (χ0v) is 29.3. The first kappa shape index (κ1) is 32.0. The van der Waals surface area contributed by atoms with Gasteiger partial charge in [-0.15, -0.1) is 0 Å². The summed E-state index contributed by atoms with van der Waals surface area (Å²) in [5.41, 5.74) is 15.4. The molecule has 0 heterocycles. The van der Waals surface area contributed by atoms with Gasteiger partial charge in [0, 0.05) is 17.1 Å². The van der Waals surface area contributed by atoms with E-state index < -0.39 is 0 Å². The highest BCUT2D eigenvalue weighted by Crippen LogP contribution is 2.40. The van der Waals surface area contributed by atoms with Gasteiger partial charge in [-0.2, -0.15) is 0 Å². The summed E-state index contributed by atoms with van der Waals surface area (Å²) in [5.74, 6) is 0. The van der Waals surface area contributed by atoms with E-state index in [4.69, 9.17) is 0 Å². The van der Waals surface area contributed by atoms with Crippen molar-refractivity contribution in [2.45, 2.75) is 0 Å². The van der Waals surface area contributed by atoms with Gasteiger partial charge in [-0.05, 0) is 109 Å². The molecule has 0 bridgehead atoms. The Kier molecular flexibility index (Phi) is 8.66. The third-order valence-corrected chi connectivity index (χ3v) is 10.1. The minimum atomic E-state index is 1.10. The molecular weight excluding hydrogens is 639 g/mol. The summed E-state index contributed by atoms with van der Waals surface area (Å²) in [6.07, 6.45) is 0. The van der Waals surface area contributed by atoms with Crippen LogP contribution < -0.4 is 4.90 Å². The van der Waals surface area contributed by atoms with Crippen LogP contribution in [0.4, 0.5) is 17.1 Å².